The maximum Gasteiger partial charge on any atom is 0.243 e. The van der Waals surface area contributed by atoms with Gasteiger partial charge >= 0.3 is 0 Å². The molecule has 0 saturated carbocycles. The summed E-state index contributed by atoms with van der Waals surface area (Å²) in [6.07, 6.45) is 2.70. The summed E-state index contributed by atoms with van der Waals surface area (Å²) < 4.78 is -0.532. The van der Waals surface area contributed by atoms with Crippen molar-refractivity contribution in [3.63, 3.8) is 0 Å². The topological polar surface area (TPSA) is 17.1 Å². The van der Waals surface area contributed by atoms with E-state index in [2.05, 4.69) is 0 Å². The van der Waals surface area contributed by atoms with Crippen molar-refractivity contribution in [3.05, 3.63) is 33.9 Å². The SMILES string of the molecule is O=C(Cl)[C@@]1(c2cccs2)CC=CS1. The molecule has 1 aliphatic heterocycles. The van der Waals surface area contributed by atoms with E-state index >= 15 is 0 Å². The van der Waals surface area contributed by atoms with Gasteiger partial charge in [-0.1, -0.05) is 12.1 Å². The minimum Gasteiger partial charge on any atom is -0.279 e. The van der Waals surface area contributed by atoms with Crippen LogP contribution >= 0.6 is 34.7 Å². The lowest BCUT2D eigenvalue weighted by Gasteiger charge is -2.21. The Morgan fingerprint density at radius 1 is 1.62 bits per heavy atom. The number of halogens is 1. The molecule has 2 rings (SSSR count). The second kappa shape index (κ2) is 3.48. The lowest BCUT2D eigenvalue weighted by molar-refractivity contribution is -0.113. The molecular formula is C9H7ClOS2. The van der Waals surface area contributed by atoms with Gasteiger partial charge < -0.3 is 0 Å². The third kappa shape index (κ3) is 1.45. The van der Waals surface area contributed by atoms with Crippen molar-refractivity contribution in [2.45, 2.75) is 11.2 Å². The van der Waals surface area contributed by atoms with Crippen LogP contribution in [-0.4, -0.2) is 5.24 Å². The highest BCUT2D eigenvalue weighted by molar-refractivity contribution is 8.04. The van der Waals surface area contributed by atoms with Crippen LogP contribution in [0.1, 0.15) is 11.3 Å². The summed E-state index contributed by atoms with van der Waals surface area (Å²) in [5, 5.41) is 3.64. The second-order valence-corrected chi connectivity index (χ2v) is 5.27. The summed E-state index contributed by atoms with van der Waals surface area (Å²) in [4.78, 5) is 12.4. The Balaban J connectivity index is 2.41. The normalized spacial score (nSPS) is 26.5. The third-order valence-electron chi connectivity index (χ3n) is 2.01. The van der Waals surface area contributed by atoms with Gasteiger partial charge in [0.2, 0.25) is 5.24 Å². The fourth-order valence-electron chi connectivity index (χ4n) is 1.32. The first-order chi connectivity index (χ1) is 6.26. The van der Waals surface area contributed by atoms with E-state index in [-0.39, 0.29) is 5.24 Å². The van der Waals surface area contributed by atoms with Gasteiger partial charge in [0.05, 0.1) is 0 Å². The number of thiophene rings is 1. The quantitative estimate of drug-likeness (QED) is 0.725. The average Bonchev–Trinajstić information content (AvgIpc) is 2.75. The first-order valence-corrected chi connectivity index (χ1v) is 5.96. The first-order valence-electron chi connectivity index (χ1n) is 3.82. The van der Waals surface area contributed by atoms with Crippen molar-refractivity contribution in [3.8, 4) is 0 Å². The molecule has 1 nitrogen and oxygen atoms in total. The highest BCUT2D eigenvalue weighted by Gasteiger charge is 2.41. The molecule has 4 heteroatoms. The van der Waals surface area contributed by atoms with Crippen molar-refractivity contribution in [1.29, 1.82) is 0 Å². The van der Waals surface area contributed by atoms with Crippen LogP contribution in [0.15, 0.2) is 29.0 Å². The molecule has 0 amide bonds. The fraction of sp³-hybridized carbons (Fsp3) is 0.222. The summed E-state index contributed by atoms with van der Waals surface area (Å²) in [6, 6.07) is 3.91. The molecule has 68 valence electrons. The van der Waals surface area contributed by atoms with Gasteiger partial charge in [-0.3, -0.25) is 4.79 Å². The lowest BCUT2D eigenvalue weighted by atomic mass is 10.0. The number of hydrogen-bond donors (Lipinski definition) is 0. The highest BCUT2D eigenvalue weighted by Crippen LogP contribution is 2.48. The number of thioether (sulfide) groups is 1. The van der Waals surface area contributed by atoms with Gasteiger partial charge in [0.1, 0.15) is 4.75 Å². The molecule has 2 heterocycles. The van der Waals surface area contributed by atoms with Gasteiger partial charge in [0.25, 0.3) is 0 Å². The predicted octanol–water partition coefficient (Wildman–Crippen LogP) is 3.36. The molecule has 0 N–H and O–H groups in total. The maximum absolute atomic E-state index is 11.4. The van der Waals surface area contributed by atoms with Crippen molar-refractivity contribution in [1.82, 2.24) is 0 Å². The van der Waals surface area contributed by atoms with E-state index in [4.69, 9.17) is 11.6 Å². The van der Waals surface area contributed by atoms with Gasteiger partial charge in [-0.15, -0.1) is 23.1 Å². The number of hydrogen-bond acceptors (Lipinski definition) is 3. The molecular weight excluding hydrogens is 224 g/mol. The van der Waals surface area contributed by atoms with E-state index < -0.39 is 4.75 Å². The van der Waals surface area contributed by atoms with E-state index in [0.717, 1.165) is 4.88 Å². The van der Waals surface area contributed by atoms with Crippen LogP contribution in [0.5, 0.6) is 0 Å². The zero-order valence-electron chi connectivity index (χ0n) is 6.70. The van der Waals surface area contributed by atoms with E-state index in [9.17, 15) is 4.79 Å². The van der Waals surface area contributed by atoms with Crippen molar-refractivity contribution >= 4 is 39.9 Å². The molecule has 0 aromatic carbocycles. The molecule has 0 spiro atoms. The molecule has 1 aromatic rings. The number of rotatable bonds is 2. The van der Waals surface area contributed by atoms with Crippen molar-refractivity contribution in [2.75, 3.05) is 0 Å². The van der Waals surface area contributed by atoms with E-state index in [1.165, 1.54) is 11.8 Å². The van der Waals surface area contributed by atoms with Gasteiger partial charge in [-0.25, -0.2) is 0 Å². The largest absolute Gasteiger partial charge is 0.279 e. The predicted molar refractivity (Wildman–Crippen MR) is 58.2 cm³/mol. The molecule has 1 aromatic heterocycles. The molecule has 0 aliphatic carbocycles. The summed E-state index contributed by atoms with van der Waals surface area (Å²) in [5.74, 6) is 0. The van der Waals surface area contributed by atoms with Crippen LogP contribution in [0.4, 0.5) is 0 Å². The zero-order chi connectivity index (χ0) is 9.31. The monoisotopic (exact) mass is 230 g/mol. The third-order valence-corrected chi connectivity index (χ3v) is 4.91. The molecule has 0 bridgehead atoms. The molecule has 0 radical (unpaired) electrons. The fourth-order valence-corrected chi connectivity index (χ4v) is 3.70. The van der Waals surface area contributed by atoms with Crippen molar-refractivity contribution < 1.29 is 4.79 Å². The number of allylic oxidation sites excluding steroid dienone is 1. The van der Waals surface area contributed by atoms with Crippen LogP contribution in [0, 0.1) is 0 Å². The number of carbonyl (C=O) groups excluding carboxylic acids is 1. The van der Waals surface area contributed by atoms with Gasteiger partial charge in [0, 0.05) is 4.88 Å². The van der Waals surface area contributed by atoms with Crippen LogP contribution in [0.2, 0.25) is 0 Å². The van der Waals surface area contributed by atoms with Crippen LogP contribution < -0.4 is 0 Å². The maximum atomic E-state index is 11.4. The van der Waals surface area contributed by atoms with Crippen LogP contribution in [0.3, 0.4) is 0 Å². The first kappa shape index (κ1) is 9.31. The van der Waals surface area contributed by atoms with E-state index in [0.29, 0.717) is 6.42 Å². The Morgan fingerprint density at radius 3 is 2.92 bits per heavy atom. The van der Waals surface area contributed by atoms with Crippen molar-refractivity contribution in [2.24, 2.45) is 0 Å². The summed E-state index contributed by atoms with van der Waals surface area (Å²) in [7, 11) is 0. The van der Waals surface area contributed by atoms with Crippen LogP contribution in [-0.2, 0) is 9.54 Å². The second-order valence-electron chi connectivity index (χ2n) is 2.77. The number of carbonyl (C=O) groups is 1. The lowest BCUT2D eigenvalue weighted by Crippen LogP contribution is -2.24. The Kier molecular flexibility index (Phi) is 2.49. The van der Waals surface area contributed by atoms with Gasteiger partial charge in [-0.2, -0.15) is 0 Å². The zero-order valence-corrected chi connectivity index (χ0v) is 9.09. The highest BCUT2D eigenvalue weighted by atomic mass is 35.5. The molecule has 13 heavy (non-hydrogen) atoms. The molecule has 0 saturated heterocycles. The van der Waals surface area contributed by atoms with E-state index in [1.807, 2.05) is 29.0 Å². The standard InChI is InChI=1S/C9H7ClOS2/c10-8(11)9(4-2-6-13-9)7-3-1-5-12-7/h1-3,5-6H,4H2/t9-/m0/s1. The average molecular weight is 231 g/mol. The molecule has 0 fully saturated rings. The van der Waals surface area contributed by atoms with Gasteiger partial charge in [0.15, 0.2) is 0 Å². The molecule has 1 aliphatic rings. The Labute approximate surface area is 89.8 Å². The Bertz CT molecular complexity index is 335. The smallest absolute Gasteiger partial charge is 0.243 e. The molecule has 1 atom stereocenters. The Morgan fingerprint density at radius 2 is 2.46 bits per heavy atom. The summed E-state index contributed by atoms with van der Waals surface area (Å²) in [5.41, 5.74) is 0. The molecule has 0 unspecified atom stereocenters. The minimum absolute atomic E-state index is 0.273. The Hall–Kier alpha value is -0.250. The summed E-state index contributed by atoms with van der Waals surface area (Å²) in [6.45, 7) is 0. The minimum atomic E-state index is -0.532. The van der Waals surface area contributed by atoms with Gasteiger partial charge in [-0.05, 0) is 34.9 Å². The van der Waals surface area contributed by atoms with Crippen LogP contribution in [0.25, 0.3) is 0 Å². The summed E-state index contributed by atoms with van der Waals surface area (Å²) >= 11 is 8.72. The van der Waals surface area contributed by atoms with E-state index in [1.54, 1.807) is 11.3 Å².